The van der Waals surface area contributed by atoms with Crippen molar-refractivity contribution in [2.75, 3.05) is 13.7 Å². The van der Waals surface area contributed by atoms with Crippen LogP contribution in [0.3, 0.4) is 0 Å². The number of hydrogen-bond donors (Lipinski definition) is 1. The Labute approximate surface area is 147 Å². The van der Waals surface area contributed by atoms with Crippen LogP contribution < -0.4 is 10.1 Å². The summed E-state index contributed by atoms with van der Waals surface area (Å²) in [5, 5.41) is 4.12. The maximum atomic E-state index is 12.1. The van der Waals surface area contributed by atoms with E-state index in [2.05, 4.69) is 28.5 Å². The third-order valence-corrected chi connectivity index (χ3v) is 4.25. The lowest BCUT2D eigenvalue weighted by Gasteiger charge is -2.09. The number of pyridine rings is 1. The SMILES string of the molecule is COc1ccccc1CCC(=O)NCCc1cccc2cccnc12. The average Bonchev–Trinajstić information content (AvgIpc) is 2.67. The summed E-state index contributed by atoms with van der Waals surface area (Å²) in [7, 11) is 1.65. The number of carbonyl (C=O) groups is 1. The smallest absolute Gasteiger partial charge is 0.220 e. The van der Waals surface area contributed by atoms with Gasteiger partial charge in [-0.2, -0.15) is 0 Å². The fourth-order valence-corrected chi connectivity index (χ4v) is 2.95. The van der Waals surface area contributed by atoms with E-state index in [0.717, 1.165) is 34.2 Å². The van der Waals surface area contributed by atoms with Crippen molar-refractivity contribution in [2.24, 2.45) is 0 Å². The van der Waals surface area contributed by atoms with Gasteiger partial charge in [-0.1, -0.05) is 42.5 Å². The summed E-state index contributed by atoms with van der Waals surface area (Å²) in [4.78, 5) is 16.5. The Hall–Kier alpha value is -2.88. The molecule has 0 aliphatic heterocycles. The van der Waals surface area contributed by atoms with Crippen LogP contribution in [0.5, 0.6) is 5.75 Å². The van der Waals surface area contributed by atoms with Crippen LogP contribution in [0.4, 0.5) is 0 Å². The molecule has 1 heterocycles. The molecule has 25 heavy (non-hydrogen) atoms. The number of hydrogen-bond acceptors (Lipinski definition) is 3. The molecule has 0 saturated heterocycles. The lowest BCUT2D eigenvalue weighted by atomic mass is 10.1. The predicted molar refractivity (Wildman–Crippen MR) is 99.8 cm³/mol. The van der Waals surface area contributed by atoms with Crippen molar-refractivity contribution in [2.45, 2.75) is 19.3 Å². The van der Waals surface area contributed by atoms with Gasteiger partial charge in [-0.25, -0.2) is 0 Å². The molecule has 0 fully saturated rings. The highest BCUT2D eigenvalue weighted by atomic mass is 16.5. The molecule has 0 aliphatic carbocycles. The van der Waals surface area contributed by atoms with Crippen LogP contribution >= 0.6 is 0 Å². The lowest BCUT2D eigenvalue weighted by Crippen LogP contribution is -2.26. The van der Waals surface area contributed by atoms with Crippen LogP contribution in [0.25, 0.3) is 10.9 Å². The molecule has 0 saturated carbocycles. The van der Waals surface area contributed by atoms with Gasteiger partial charge in [0.1, 0.15) is 5.75 Å². The topological polar surface area (TPSA) is 51.2 Å². The maximum absolute atomic E-state index is 12.1. The number of rotatable bonds is 7. The van der Waals surface area contributed by atoms with Gasteiger partial charge in [-0.05, 0) is 36.1 Å². The van der Waals surface area contributed by atoms with Gasteiger partial charge >= 0.3 is 0 Å². The first-order valence-corrected chi connectivity index (χ1v) is 8.49. The Balaban J connectivity index is 1.51. The van der Waals surface area contributed by atoms with Gasteiger partial charge in [0.15, 0.2) is 0 Å². The third kappa shape index (κ3) is 4.35. The van der Waals surface area contributed by atoms with Crippen LogP contribution in [0, 0.1) is 0 Å². The molecular formula is C21H22N2O2. The van der Waals surface area contributed by atoms with Gasteiger partial charge in [0.05, 0.1) is 12.6 Å². The number of amides is 1. The van der Waals surface area contributed by atoms with Crippen LogP contribution in [-0.4, -0.2) is 24.5 Å². The molecule has 0 aliphatic rings. The number of methoxy groups -OCH3 is 1. The number of nitrogens with one attached hydrogen (secondary N) is 1. The molecule has 4 nitrogen and oxygen atoms in total. The maximum Gasteiger partial charge on any atom is 0.220 e. The molecule has 1 amide bonds. The van der Waals surface area contributed by atoms with Crippen molar-refractivity contribution in [1.29, 1.82) is 0 Å². The fourth-order valence-electron chi connectivity index (χ4n) is 2.95. The Morgan fingerprint density at radius 1 is 1.00 bits per heavy atom. The van der Waals surface area contributed by atoms with E-state index in [4.69, 9.17) is 4.74 Å². The molecule has 128 valence electrons. The van der Waals surface area contributed by atoms with E-state index < -0.39 is 0 Å². The van der Waals surface area contributed by atoms with Crippen molar-refractivity contribution in [3.05, 3.63) is 71.9 Å². The van der Waals surface area contributed by atoms with Crippen LogP contribution in [0.2, 0.25) is 0 Å². The summed E-state index contributed by atoms with van der Waals surface area (Å²) in [5.41, 5.74) is 3.22. The summed E-state index contributed by atoms with van der Waals surface area (Å²) >= 11 is 0. The lowest BCUT2D eigenvalue weighted by molar-refractivity contribution is -0.121. The zero-order valence-corrected chi connectivity index (χ0v) is 14.4. The van der Waals surface area contributed by atoms with E-state index in [1.165, 1.54) is 0 Å². The average molecular weight is 334 g/mol. The summed E-state index contributed by atoms with van der Waals surface area (Å²) in [5.74, 6) is 0.885. The second-order valence-electron chi connectivity index (χ2n) is 5.90. The fraction of sp³-hybridized carbons (Fsp3) is 0.238. The van der Waals surface area contributed by atoms with E-state index in [1.807, 2.05) is 36.4 Å². The summed E-state index contributed by atoms with van der Waals surface area (Å²) in [6, 6.07) is 17.9. The minimum atomic E-state index is 0.0547. The number of para-hydroxylation sites is 2. The molecule has 0 atom stereocenters. The second kappa shape index (κ2) is 8.29. The molecule has 0 spiro atoms. The number of aromatic nitrogens is 1. The molecule has 4 heteroatoms. The largest absolute Gasteiger partial charge is 0.496 e. The van der Waals surface area contributed by atoms with Gasteiger partial charge in [0.25, 0.3) is 0 Å². The van der Waals surface area contributed by atoms with Gasteiger partial charge < -0.3 is 10.1 Å². The van der Waals surface area contributed by atoms with Crippen molar-refractivity contribution in [3.8, 4) is 5.75 Å². The molecular weight excluding hydrogens is 312 g/mol. The van der Waals surface area contributed by atoms with Gasteiger partial charge in [0, 0.05) is 24.5 Å². The third-order valence-electron chi connectivity index (χ3n) is 4.25. The first kappa shape index (κ1) is 17.0. The molecule has 0 radical (unpaired) electrons. The molecule has 3 aromatic rings. The van der Waals surface area contributed by atoms with E-state index in [-0.39, 0.29) is 5.91 Å². The first-order chi connectivity index (χ1) is 12.3. The Bertz CT molecular complexity index is 856. The van der Waals surface area contributed by atoms with E-state index in [0.29, 0.717) is 19.4 Å². The minimum absolute atomic E-state index is 0.0547. The van der Waals surface area contributed by atoms with Crippen LogP contribution in [0.1, 0.15) is 17.5 Å². The van der Waals surface area contributed by atoms with Crippen LogP contribution in [-0.2, 0) is 17.6 Å². The normalized spacial score (nSPS) is 10.6. The quantitative estimate of drug-likeness (QED) is 0.719. The Kier molecular flexibility index (Phi) is 5.62. The highest BCUT2D eigenvalue weighted by Gasteiger charge is 2.07. The standard InChI is InChI=1S/C21H22N2O2/c1-25-19-10-3-2-6-16(19)11-12-20(24)22-15-13-18-8-4-7-17-9-5-14-23-21(17)18/h2-10,14H,11-13,15H2,1H3,(H,22,24). The molecule has 0 unspecified atom stereocenters. The second-order valence-corrected chi connectivity index (χ2v) is 5.90. The molecule has 1 N–H and O–H groups in total. The molecule has 1 aromatic heterocycles. The number of nitrogens with zero attached hydrogens (tertiary/aromatic N) is 1. The number of benzene rings is 2. The highest BCUT2D eigenvalue weighted by molar-refractivity contribution is 5.81. The van der Waals surface area contributed by atoms with Crippen molar-refractivity contribution in [3.63, 3.8) is 0 Å². The van der Waals surface area contributed by atoms with Crippen LogP contribution in [0.15, 0.2) is 60.8 Å². The monoisotopic (exact) mass is 334 g/mol. The summed E-state index contributed by atoms with van der Waals surface area (Å²) in [6.45, 7) is 0.612. The van der Waals surface area contributed by atoms with E-state index in [9.17, 15) is 4.79 Å². The minimum Gasteiger partial charge on any atom is -0.496 e. The van der Waals surface area contributed by atoms with Gasteiger partial charge in [-0.15, -0.1) is 0 Å². The number of ether oxygens (including phenoxy) is 1. The molecule has 3 rings (SSSR count). The zero-order chi connectivity index (χ0) is 17.5. The highest BCUT2D eigenvalue weighted by Crippen LogP contribution is 2.19. The number of fused-ring (bicyclic) bond motifs is 1. The van der Waals surface area contributed by atoms with E-state index in [1.54, 1.807) is 13.3 Å². The van der Waals surface area contributed by atoms with Gasteiger partial charge in [0.2, 0.25) is 5.91 Å². The van der Waals surface area contributed by atoms with Crippen molar-refractivity contribution in [1.82, 2.24) is 10.3 Å². The number of aryl methyl sites for hydroxylation is 1. The number of carbonyl (C=O) groups excluding carboxylic acids is 1. The van der Waals surface area contributed by atoms with E-state index >= 15 is 0 Å². The Morgan fingerprint density at radius 2 is 1.80 bits per heavy atom. The molecule has 2 aromatic carbocycles. The summed E-state index contributed by atoms with van der Waals surface area (Å²) in [6.07, 6.45) is 3.70. The Morgan fingerprint density at radius 3 is 2.68 bits per heavy atom. The van der Waals surface area contributed by atoms with Crippen molar-refractivity contribution >= 4 is 16.8 Å². The van der Waals surface area contributed by atoms with Gasteiger partial charge in [-0.3, -0.25) is 9.78 Å². The molecule has 0 bridgehead atoms. The zero-order valence-electron chi connectivity index (χ0n) is 14.4. The first-order valence-electron chi connectivity index (χ1n) is 8.49. The summed E-state index contributed by atoms with van der Waals surface area (Å²) < 4.78 is 5.32. The van der Waals surface area contributed by atoms with Crippen molar-refractivity contribution < 1.29 is 9.53 Å². The predicted octanol–water partition coefficient (Wildman–Crippen LogP) is 3.53.